The van der Waals surface area contributed by atoms with Gasteiger partial charge in [-0.1, -0.05) is 0 Å². The van der Waals surface area contributed by atoms with Crippen molar-refractivity contribution in [1.29, 1.82) is 0 Å². The minimum atomic E-state index is -0.443. The molecule has 2 atom stereocenters. The van der Waals surface area contributed by atoms with E-state index in [0.29, 0.717) is 6.10 Å². The molecule has 1 saturated heterocycles. The number of rotatable bonds is 6. The van der Waals surface area contributed by atoms with Gasteiger partial charge in [-0.25, -0.2) is 4.79 Å². The number of carbonyl (C=O) groups is 1. The van der Waals surface area contributed by atoms with Crippen LogP contribution in [-0.2, 0) is 9.47 Å². The van der Waals surface area contributed by atoms with Gasteiger partial charge in [-0.05, 0) is 53.5 Å². The van der Waals surface area contributed by atoms with Gasteiger partial charge in [-0.3, -0.25) is 0 Å². The summed E-state index contributed by atoms with van der Waals surface area (Å²) in [6, 6.07) is 0.104. The van der Waals surface area contributed by atoms with Gasteiger partial charge in [0.25, 0.3) is 0 Å². The summed E-state index contributed by atoms with van der Waals surface area (Å²) in [7, 11) is 0. The molecule has 2 N–H and O–H groups in total. The maximum Gasteiger partial charge on any atom is 0.407 e. The van der Waals surface area contributed by atoms with Crippen LogP contribution < -0.4 is 10.6 Å². The molecule has 0 aromatic heterocycles. The number of carbonyl (C=O) groups excluding carboxylic acids is 1. The van der Waals surface area contributed by atoms with E-state index in [1.165, 1.54) is 6.42 Å². The van der Waals surface area contributed by atoms with Crippen molar-refractivity contribution in [3.8, 4) is 0 Å². The van der Waals surface area contributed by atoms with Gasteiger partial charge in [-0.2, -0.15) is 0 Å². The van der Waals surface area contributed by atoms with Crippen LogP contribution in [0.1, 0.15) is 47.0 Å². The van der Waals surface area contributed by atoms with Crippen molar-refractivity contribution in [1.82, 2.24) is 10.6 Å². The van der Waals surface area contributed by atoms with E-state index in [1.807, 2.05) is 27.7 Å². The Kier molecular flexibility index (Phi) is 6.58. The zero-order valence-electron chi connectivity index (χ0n) is 12.6. The van der Waals surface area contributed by atoms with E-state index in [0.717, 1.165) is 32.5 Å². The van der Waals surface area contributed by atoms with Crippen LogP contribution >= 0.6 is 0 Å². The highest BCUT2D eigenvalue weighted by Crippen LogP contribution is 2.10. The number of amides is 1. The predicted molar refractivity (Wildman–Crippen MR) is 75.3 cm³/mol. The van der Waals surface area contributed by atoms with Gasteiger partial charge in [0.2, 0.25) is 0 Å². The van der Waals surface area contributed by atoms with Crippen LogP contribution in [-0.4, -0.2) is 43.5 Å². The predicted octanol–water partition coefficient (Wildman–Crippen LogP) is 2.06. The Labute approximate surface area is 116 Å². The average Bonchev–Trinajstić information content (AvgIpc) is 2.74. The standard InChI is InChI=1S/C14H28N2O3/c1-11(16-13(17)19-14(2,3)4)7-8-15-10-12-6-5-9-18-12/h11-12,15H,5-10H2,1-4H3,(H,16,17). The lowest BCUT2D eigenvalue weighted by Crippen LogP contribution is -2.39. The molecule has 0 aliphatic carbocycles. The van der Waals surface area contributed by atoms with Gasteiger partial charge in [-0.15, -0.1) is 0 Å². The zero-order chi connectivity index (χ0) is 14.3. The van der Waals surface area contributed by atoms with Crippen LogP contribution in [0.4, 0.5) is 4.79 Å². The molecule has 2 unspecified atom stereocenters. The van der Waals surface area contributed by atoms with Crippen molar-refractivity contribution in [3.63, 3.8) is 0 Å². The molecule has 0 bridgehead atoms. The quantitative estimate of drug-likeness (QED) is 0.727. The van der Waals surface area contributed by atoms with Crippen molar-refractivity contribution < 1.29 is 14.3 Å². The van der Waals surface area contributed by atoms with Crippen LogP contribution in [0.2, 0.25) is 0 Å². The molecule has 1 aliphatic rings. The Morgan fingerprint density at radius 2 is 2.21 bits per heavy atom. The smallest absolute Gasteiger partial charge is 0.407 e. The van der Waals surface area contributed by atoms with E-state index >= 15 is 0 Å². The molecule has 1 fully saturated rings. The number of ether oxygens (including phenoxy) is 2. The second-order valence-electron chi connectivity index (χ2n) is 6.18. The van der Waals surface area contributed by atoms with Crippen LogP contribution in [0, 0.1) is 0 Å². The third-order valence-corrected chi connectivity index (χ3v) is 2.91. The molecule has 0 saturated carbocycles. The molecule has 1 rings (SSSR count). The summed E-state index contributed by atoms with van der Waals surface area (Å²) in [6.45, 7) is 10.2. The first-order chi connectivity index (χ1) is 8.87. The minimum absolute atomic E-state index is 0.104. The van der Waals surface area contributed by atoms with Gasteiger partial charge < -0.3 is 20.1 Å². The molecule has 19 heavy (non-hydrogen) atoms. The zero-order valence-corrected chi connectivity index (χ0v) is 12.6. The Balaban J connectivity index is 2.03. The lowest BCUT2D eigenvalue weighted by Gasteiger charge is -2.22. The molecular weight excluding hydrogens is 244 g/mol. The Morgan fingerprint density at radius 3 is 2.79 bits per heavy atom. The van der Waals surface area contributed by atoms with Crippen LogP contribution in [0.25, 0.3) is 0 Å². The van der Waals surface area contributed by atoms with Gasteiger partial charge in [0, 0.05) is 19.2 Å². The van der Waals surface area contributed by atoms with Crippen LogP contribution in [0.5, 0.6) is 0 Å². The monoisotopic (exact) mass is 272 g/mol. The van der Waals surface area contributed by atoms with Gasteiger partial charge in [0.15, 0.2) is 0 Å². The Hall–Kier alpha value is -0.810. The third kappa shape index (κ3) is 8.06. The van der Waals surface area contributed by atoms with Crippen LogP contribution in [0.3, 0.4) is 0 Å². The highest BCUT2D eigenvalue weighted by atomic mass is 16.6. The summed E-state index contributed by atoms with van der Waals surface area (Å²) in [5.74, 6) is 0. The van der Waals surface area contributed by atoms with Crippen molar-refractivity contribution >= 4 is 6.09 Å². The lowest BCUT2D eigenvalue weighted by molar-refractivity contribution is 0.0506. The summed E-state index contributed by atoms with van der Waals surface area (Å²) in [5.41, 5.74) is -0.443. The van der Waals surface area contributed by atoms with E-state index in [9.17, 15) is 4.79 Å². The molecule has 0 aromatic carbocycles. The number of hydrogen-bond donors (Lipinski definition) is 2. The number of hydrogen-bond acceptors (Lipinski definition) is 4. The van der Waals surface area contributed by atoms with E-state index in [4.69, 9.17) is 9.47 Å². The topological polar surface area (TPSA) is 59.6 Å². The molecule has 0 radical (unpaired) electrons. The highest BCUT2D eigenvalue weighted by Gasteiger charge is 2.18. The van der Waals surface area contributed by atoms with Crippen molar-refractivity contribution in [2.24, 2.45) is 0 Å². The molecule has 5 heteroatoms. The van der Waals surface area contributed by atoms with Gasteiger partial charge in [0.05, 0.1) is 6.10 Å². The molecular formula is C14H28N2O3. The second-order valence-corrected chi connectivity index (χ2v) is 6.18. The van der Waals surface area contributed by atoms with Gasteiger partial charge in [0.1, 0.15) is 5.60 Å². The lowest BCUT2D eigenvalue weighted by atomic mass is 10.2. The molecule has 1 amide bonds. The molecule has 0 aromatic rings. The molecule has 5 nitrogen and oxygen atoms in total. The van der Waals surface area contributed by atoms with Crippen molar-refractivity contribution in [2.75, 3.05) is 19.7 Å². The Bertz CT molecular complexity index is 270. The first-order valence-electron chi connectivity index (χ1n) is 7.18. The van der Waals surface area contributed by atoms with Crippen LogP contribution in [0.15, 0.2) is 0 Å². The normalized spacial score (nSPS) is 21.2. The first kappa shape index (κ1) is 16.2. The summed E-state index contributed by atoms with van der Waals surface area (Å²) < 4.78 is 10.7. The highest BCUT2D eigenvalue weighted by molar-refractivity contribution is 5.67. The Morgan fingerprint density at radius 1 is 1.47 bits per heavy atom. The number of alkyl carbamates (subject to hydrolysis) is 1. The molecule has 0 spiro atoms. The molecule has 1 aliphatic heterocycles. The summed E-state index contributed by atoms with van der Waals surface area (Å²) in [5, 5.41) is 6.20. The maximum atomic E-state index is 11.5. The van der Waals surface area contributed by atoms with Crippen molar-refractivity contribution in [3.05, 3.63) is 0 Å². The van der Waals surface area contributed by atoms with E-state index in [1.54, 1.807) is 0 Å². The SMILES string of the molecule is CC(CCNCC1CCCO1)NC(=O)OC(C)(C)C. The fourth-order valence-corrected chi connectivity index (χ4v) is 1.97. The van der Waals surface area contributed by atoms with E-state index < -0.39 is 5.60 Å². The molecule has 1 heterocycles. The van der Waals surface area contributed by atoms with Gasteiger partial charge >= 0.3 is 6.09 Å². The third-order valence-electron chi connectivity index (χ3n) is 2.91. The average molecular weight is 272 g/mol. The summed E-state index contributed by atoms with van der Waals surface area (Å²) >= 11 is 0. The van der Waals surface area contributed by atoms with E-state index in [2.05, 4.69) is 10.6 Å². The first-order valence-corrected chi connectivity index (χ1v) is 7.18. The number of nitrogens with one attached hydrogen (secondary N) is 2. The largest absolute Gasteiger partial charge is 0.444 e. The maximum absolute atomic E-state index is 11.5. The summed E-state index contributed by atoms with van der Waals surface area (Å²) in [4.78, 5) is 11.5. The second kappa shape index (κ2) is 7.70. The minimum Gasteiger partial charge on any atom is -0.444 e. The van der Waals surface area contributed by atoms with Crippen molar-refractivity contribution in [2.45, 2.75) is 64.7 Å². The fourth-order valence-electron chi connectivity index (χ4n) is 1.97. The van der Waals surface area contributed by atoms with E-state index in [-0.39, 0.29) is 12.1 Å². The summed E-state index contributed by atoms with van der Waals surface area (Å²) in [6.07, 6.45) is 3.22. The fraction of sp³-hybridized carbons (Fsp3) is 0.929. The molecule has 112 valence electrons.